The lowest BCUT2D eigenvalue weighted by Crippen LogP contribution is -2.29. The fourth-order valence-electron chi connectivity index (χ4n) is 2.05. The summed E-state index contributed by atoms with van der Waals surface area (Å²) >= 11 is 0. The van der Waals surface area contributed by atoms with Crippen LogP contribution in [0.15, 0.2) is 24.3 Å². The molecular formula is C11H14N2O4S. The minimum absolute atomic E-state index is 0.0610. The minimum Gasteiger partial charge on any atom is -0.309 e. The molecular weight excluding hydrogens is 256 g/mol. The Hall–Kier alpha value is -1.47. The third kappa shape index (κ3) is 3.05. The van der Waals surface area contributed by atoms with Crippen molar-refractivity contribution >= 4 is 15.5 Å². The van der Waals surface area contributed by atoms with Crippen LogP contribution in [0.4, 0.5) is 5.69 Å². The molecule has 0 radical (unpaired) electrons. The minimum atomic E-state index is -2.92. The normalized spacial score (nSPS) is 21.9. The van der Waals surface area contributed by atoms with Crippen LogP contribution >= 0.6 is 0 Å². The lowest BCUT2D eigenvalue weighted by atomic mass is 10.1. The third-order valence-corrected chi connectivity index (χ3v) is 4.77. The van der Waals surface area contributed by atoms with Crippen molar-refractivity contribution in [3.8, 4) is 0 Å². The average Bonchev–Trinajstić information content (AvgIpc) is 2.66. The van der Waals surface area contributed by atoms with Crippen LogP contribution in [0.3, 0.4) is 0 Å². The molecule has 0 aliphatic carbocycles. The van der Waals surface area contributed by atoms with E-state index in [1.54, 1.807) is 18.2 Å². The lowest BCUT2D eigenvalue weighted by Gasteiger charge is -2.10. The van der Waals surface area contributed by atoms with Gasteiger partial charge in [0.25, 0.3) is 5.69 Å². The molecule has 2 rings (SSSR count). The highest BCUT2D eigenvalue weighted by Gasteiger charge is 2.27. The number of rotatable bonds is 4. The van der Waals surface area contributed by atoms with Gasteiger partial charge in [-0.25, -0.2) is 8.42 Å². The molecule has 1 N–H and O–H groups in total. The number of benzene rings is 1. The summed E-state index contributed by atoms with van der Waals surface area (Å²) in [6.07, 6.45) is 0.572. The quantitative estimate of drug-likeness (QED) is 0.647. The van der Waals surface area contributed by atoms with Gasteiger partial charge in [0, 0.05) is 24.2 Å². The number of hydrogen-bond acceptors (Lipinski definition) is 5. The van der Waals surface area contributed by atoms with Crippen molar-refractivity contribution < 1.29 is 13.3 Å². The highest BCUT2D eigenvalue weighted by molar-refractivity contribution is 7.91. The smallest absolute Gasteiger partial charge is 0.273 e. The predicted octanol–water partition coefficient (Wildman–Crippen LogP) is 0.871. The van der Waals surface area contributed by atoms with Crippen LogP contribution in [-0.2, 0) is 16.4 Å². The van der Waals surface area contributed by atoms with E-state index in [-0.39, 0.29) is 23.2 Å². The van der Waals surface area contributed by atoms with E-state index in [1.807, 2.05) is 0 Å². The summed E-state index contributed by atoms with van der Waals surface area (Å²) in [7, 11) is -2.92. The summed E-state index contributed by atoms with van der Waals surface area (Å²) in [6.45, 7) is 0.317. The second kappa shape index (κ2) is 5.03. The average molecular weight is 270 g/mol. The molecule has 0 bridgehead atoms. The molecule has 7 heteroatoms. The van der Waals surface area contributed by atoms with Crippen LogP contribution in [0.1, 0.15) is 12.0 Å². The fourth-order valence-corrected chi connectivity index (χ4v) is 3.76. The van der Waals surface area contributed by atoms with E-state index in [0.29, 0.717) is 18.5 Å². The Morgan fingerprint density at radius 1 is 1.39 bits per heavy atom. The zero-order valence-electron chi connectivity index (χ0n) is 9.70. The maximum Gasteiger partial charge on any atom is 0.273 e. The number of hydrogen-bond donors (Lipinski definition) is 1. The lowest BCUT2D eigenvalue weighted by molar-refractivity contribution is -0.385. The first-order valence-electron chi connectivity index (χ1n) is 5.64. The Morgan fingerprint density at radius 3 is 2.72 bits per heavy atom. The monoisotopic (exact) mass is 270 g/mol. The Bertz CT molecular complexity index is 556. The first-order valence-corrected chi connectivity index (χ1v) is 7.46. The Kier molecular flexibility index (Phi) is 3.63. The van der Waals surface area contributed by atoms with E-state index >= 15 is 0 Å². The second-order valence-corrected chi connectivity index (χ2v) is 6.60. The third-order valence-electron chi connectivity index (χ3n) is 3.00. The summed E-state index contributed by atoms with van der Waals surface area (Å²) in [5.41, 5.74) is 0.637. The number of nitrogens with zero attached hydrogens (tertiary/aromatic N) is 1. The van der Waals surface area contributed by atoms with Crippen molar-refractivity contribution in [2.45, 2.75) is 19.0 Å². The Morgan fingerprint density at radius 2 is 2.11 bits per heavy atom. The topological polar surface area (TPSA) is 89.3 Å². The number of nitro benzene ring substituents is 1. The highest BCUT2D eigenvalue weighted by Crippen LogP contribution is 2.18. The molecule has 1 aliphatic heterocycles. The molecule has 18 heavy (non-hydrogen) atoms. The van der Waals surface area contributed by atoms with Crippen LogP contribution in [0.5, 0.6) is 0 Å². The summed E-state index contributed by atoms with van der Waals surface area (Å²) in [4.78, 5) is 10.4. The second-order valence-electron chi connectivity index (χ2n) is 4.37. The number of nitrogens with one attached hydrogen (secondary N) is 1. The van der Waals surface area contributed by atoms with Gasteiger partial charge >= 0.3 is 0 Å². The van der Waals surface area contributed by atoms with E-state index in [4.69, 9.17) is 0 Å². The van der Waals surface area contributed by atoms with Gasteiger partial charge in [-0.05, 0) is 6.42 Å². The van der Waals surface area contributed by atoms with Gasteiger partial charge in [-0.2, -0.15) is 0 Å². The molecule has 1 fully saturated rings. The molecule has 1 aromatic carbocycles. The van der Waals surface area contributed by atoms with E-state index in [9.17, 15) is 18.5 Å². The molecule has 0 amide bonds. The molecule has 1 saturated heterocycles. The summed E-state index contributed by atoms with van der Waals surface area (Å²) in [6, 6.07) is 6.36. The Labute approximate surface area is 105 Å². The van der Waals surface area contributed by atoms with Gasteiger partial charge in [0.05, 0.1) is 16.4 Å². The van der Waals surface area contributed by atoms with Gasteiger partial charge in [0.15, 0.2) is 9.84 Å². The maximum absolute atomic E-state index is 11.3. The zero-order valence-corrected chi connectivity index (χ0v) is 10.5. The molecule has 1 heterocycles. The van der Waals surface area contributed by atoms with Crippen molar-refractivity contribution in [2.24, 2.45) is 0 Å². The molecule has 1 aliphatic rings. The number of nitro groups is 1. The van der Waals surface area contributed by atoms with Crippen LogP contribution in [0.25, 0.3) is 0 Å². The van der Waals surface area contributed by atoms with Gasteiger partial charge in [0.1, 0.15) is 0 Å². The van der Waals surface area contributed by atoms with Gasteiger partial charge in [-0.1, -0.05) is 18.2 Å². The molecule has 6 nitrogen and oxygen atoms in total. The van der Waals surface area contributed by atoms with Crippen LogP contribution < -0.4 is 5.32 Å². The maximum atomic E-state index is 11.3. The summed E-state index contributed by atoms with van der Waals surface area (Å²) in [5, 5.41) is 13.9. The molecule has 98 valence electrons. The number of sulfone groups is 1. The van der Waals surface area contributed by atoms with Gasteiger partial charge in [-0.3, -0.25) is 10.1 Å². The first kappa shape index (κ1) is 13.0. The molecule has 1 unspecified atom stereocenters. The predicted molar refractivity (Wildman–Crippen MR) is 67.0 cm³/mol. The first-order chi connectivity index (χ1) is 8.48. The standard InChI is InChI=1S/C11H14N2O4S/c14-13(15)11-4-2-1-3-9(11)7-12-10-5-6-18(16,17)8-10/h1-4,10,12H,5-8H2. The van der Waals surface area contributed by atoms with Crippen molar-refractivity contribution in [1.82, 2.24) is 5.32 Å². The van der Waals surface area contributed by atoms with Crippen molar-refractivity contribution in [3.63, 3.8) is 0 Å². The van der Waals surface area contributed by atoms with Crippen molar-refractivity contribution in [2.75, 3.05) is 11.5 Å². The van der Waals surface area contributed by atoms with E-state index < -0.39 is 14.8 Å². The zero-order chi connectivity index (χ0) is 13.2. The van der Waals surface area contributed by atoms with Gasteiger partial charge < -0.3 is 5.32 Å². The van der Waals surface area contributed by atoms with Crippen LogP contribution in [-0.4, -0.2) is 30.9 Å². The van der Waals surface area contributed by atoms with E-state index in [1.165, 1.54) is 6.07 Å². The van der Waals surface area contributed by atoms with Gasteiger partial charge in [0.2, 0.25) is 0 Å². The van der Waals surface area contributed by atoms with Crippen molar-refractivity contribution in [1.29, 1.82) is 0 Å². The highest BCUT2D eigenvalue weighted by atomic mass is 32.2. The molecule has 0 aromatic heterocycles. The van der Waals surface area contributed by atoms with E-state index in [0.717, 1.165) is 0 Å². The Balaban J connectivity index is 2.01. The molecule has 1 aromatic rings. The molecule has 1 atom stereocenters. The largest absolute Gasteiger partial charge is 0.309 e. The van der Waals surface area contributed by atoms with Crippen LogP contribution in [0, 0.1) is 10.1 Å². The van der Waals surface area contributed by atoms with E-state index in [2.05, 4.69) is 5.32 Å². The molecule has 0 saturated carbocycles. The summed E-state index contributed by atoms with van der Waals surface area (Å²) < 4.78 is 22.6. The molecule has 0 spiro atoms. The van der Waals surface area contributed by atoms with Crippen LogP contribution in [0.2, 0.25) is 0 Å². The fraction of sp³-hybridized carbons (Fsp3) is 0.455. The number of para-hydroxylation sites is 1. The van der Waals surface area contributed by atoms with Crippen molar-refractivity contribution in [3.05, 3.63) is 39.9 Å². The van der Waals surface area contributed by atoms with Gasteiger partial charge in [-0.15, -0.1) is 0 Å². The SMILES string of the molecule is O=[N+]([O-])c1ccccc1CNC1CCS(=O)(=O)C1. The summed E-state index contributed by atoms with van der Waals surface area (Å²) in [5.74, 6) is 0.315.